The van der Waals surface area contributed by atoms with Crippen LogP contribution in [0.5, 0.6) is 0 Å². The molecule has 0 aliphatic heterocycles. The first-order chi connectivity index (χ1) is 29.6. The molecular formula is C35H26ClN10O14S3+. The standard InChI is InChI=1S/C35H25ClN10O14S3/c36-24-11-9-21(62(55,56)57)14-26(24)37-33-39-34(41-35(40-33)46-12-4-7-19(17-46)31(48)49)38-27-15-22(63(58,59)60)16-28(29(27)47)43-45-30(18-5-2-1-3-6-18)44-42-25-13-20(61(52,53)54)8-10-23(25)32(50)51/h1-17,30,42,44H,(H5-,37,39,40,41,48,49,50,51,52,53,54,55,56,57,58,59,60)/p+1. The molecule has 1 atom stereocenters. The molecule has 1 aliphatic carbocycles. The first-order valence-corrected chi connectivity index (χ1v) is 21.7. The van der Waals surface area contributed by atoms with E-state index in [4.69, 9.17) is 11.6 Å². The number of aromatic nitrogens is 4. The zero-order chi connectivity index (χ0) is 45.9. The Balaban J connectivity index is 1.42. The van der Waals surface area contributed by atoms with Gasteiger partial charge in [0.15, 0.2) is 6.17 Å². The summed E-state index contributed by atoms with van der Waals surface area (Å²) < 4.78 is 102. The molecule has 24 nitrogen and oxygen atoms in total. The van der Waals surface area contributed by atoms with Crippen LogP contribution in [0.25, 0.3) is 5.95 Å². The molecule has 63 heavy (non-hydrogen) atoms. The molecule has 0 radical (unpaired) electrons. The van der Waals surface area contributed by atoms with Gasteiger partial charge in [-0.2, -0.15) is 35.4 Å². The molecule has 0 saturated heterocycles. The average molecular weight is 942 g/mol. The summed E-state index contributed by atoms with van der Waals surface area (Å²) in [4.78, 5) is 51.9. The van der Waals surface area contributed by atoms with Gasteiger partial charge in [-0.05, 0) is 76.2 Å². The second-order valence-electron chi connectivity index (χ2n) is 12.5. The third kappa shape index (κ3) is 11.2. The average Bonchev–Trinajstić information content (AvgIpc) is 3.21. The van der Waals surface area contributed by atoms with Crippen molar-refractivity contribution in [2.75, 3.05) is 10.7 Å². The number of pyridine rings is 1. The topological polar surface area (TPSA) is 370 Å². The monoisotopic (exact) mass is 941 g/mol. The van der Waals surface area contributed by atoms with Crippen LogP contribution >= 0.6 is 11.6 Å². The lowest BCUT2D eigenvalue weighted by molar-refractivity contribution is -0.603. The van der Waals surface area contributed by atoms with Crippen molar-refractivity contribution in [3.63, 3.8) is 0 Å². The second kappa shape index (κ2) is 18.0. The van der Waals surface area contributed by atoms with E-state index in [0.717, 1.165) is 47.2 Å². The Hall–Kier alpha value is -7.24. The largest absolute Gasteiger partial charge is 0.478 e. The van der Waals surface area contributed by atoms with Gasteiger partial charge in [-0.25, -0.2) is 19.6 Å². The molecule has 5 aromatic rings. The fourth-order valence-corrected chi connectivity index (χ4v) is 6.92. The predicted molar refractivity (Wildman–Crippen MR) is 217 cm³/mol. The van der Waals surface area contributed by atoms with Crippen LogP contribution in [0.4, 0.5) is 23.3 Å². The molecule has 2 aromatic heterocycles. The smallest absolute Gasteiger partial charge is 0.444 e. The van der Waals surface area contributed by atoms with Crippen LogP contribution in [-0.4, -0.2) is 87.5 Å². The number of Topliss-reactive ketones (excluding diaryl/α,β-unsaturated/α-hetero) is 1. The minimum Gasteiger partial charge on any atom is -0.478 e. The number of carbonyl (C=O) groups is 3. The molecule has 1 aliphatic rings. The highest BCUT2D eigenvalue weighted by molar-refractivity contribution is 7.90. The Labute approximate surface area is 359 Å². The number of rotatable bonds is 15. The van der Waals surface area contributed by atoms with E-state index in [1.165, 1.54) is 30.5 Å². The highest BCUT2D eigenvalue weighted by Crippen LogP contribution is 2.29. The quantitative estimate of drug-likeness (QED) is 0.0245. The SMILES string of the molecule is O=C1C(N=NC(NNc2cc(S(=O)(=O)O)ccc2C(=O)O)c2ccccc2)=CC(S(=O)(=O)O)=CC1=Nc1nc(Nc2cc(S(=O)(=O)O)ccc2Cl)nc(-[n+]2cccc(C(=O)O)c2)n1. The molecule has 28 heteroatoms. The van der Waals surface area contributed by atoms with Gasteiger partial charge in [0.1, 0.15) is 11.4 Å². The number of hydrogen-bond acceptors (Lipinski definition) is 18. The number of hydrazine groups is 1. The summed E-state index contributed by atoms with van der Waals surface area (Å²) >= 11 is 6.25. The molecule has 0 saturated carbocycles. The fourth-order valence-electron chi connectivity index (χ4n) is 5.22. The Kier molecular flexibility index (Phi) is 12.9. The summed E-state index contributed by atoms with van der Waals surface area (Å²) in [5.74, 6) is -5.47. The van der Waals surface area contributed by atoms with Crippen molar-refractivity contribution in [1.82, 2.24) is 20.4 Å². The van der Waals surface area contributed by atoms with E-state index in [0.29, 0.717) is 17.7 Å². The number of carboxylic acid groups (broad SMARTS) is 2. The van der Waals surface area contributed by atoms with Gasteiger partial charge in [-0.15, -0.1) is 10.1 Å². The summed E-state index contributed by atoms with van der Waals surface area (Å²) in [6, 6.07) is 16.0. The van der Waals surface area contributed by atoms with Gasteiger partial charge >= 0.3 is 29.8 Å². The van der Waals surface area contributed by atoms with Crippen LogP contribution in [-0.2, 0) is 35.1 Å². The molecule has 0 fully saturated rings. The number of carbonyl (C=O) groups excluding carboxylic acids is 1. The Morgan fingerprint density at radius 3 is 2.06 bits per heavy atom. The van der Waals surface area contributed by atoms with Crippen molar-refractivity contribution >= 4 is 88.7 Å². The van der Waals surface area contributed by atoms with Gasteiger partial charge in [-0.3, -0.25) is 18.5 Å². The summed E-state index contributed by atoms with van der Waals surface area (Å²) in [6.45, 7) is 0. The first kappa shape index (κ1) is 45.3. The van der Waals surface area contributed by atoms with E-state index in [1.54, 1.807) is 18.2 Å². The summed E-state index contributed by atoms with van der Waals surface area (Å²) in [5, 5.41) is 29.7. The maximum atomic E-state index is 13.9. The molecule has 324 valence electrons. The van der Waals surface area contributed by atoms with Gasteiger partial charge in [0.2, 0.25) is 5.78 Å². The van der Waals surface area contributed by atoms with Crippen molar-refractivity contribution < 1.29 is 68.1 Å². The number of aromatic carboxylic acids is 2. The number of ketones is 1. The lowest BCUT2D eigenvalue weighted by atomic mass is 10.1. The van der Waals surface area contributed by atoms with Gasteiger partial charge in [-0.1, -0.05) is 41.9 Å². The molecule has 0 amide bonds. The minimum absolute atomic E-state index is 0.103. The Morgan fingerprint density at radius 2 is 1.43 bits per heavy atom. The van der Waals surface area contributed by atoms with Crippen molar-refractivity contribution in [3.8, 4) is 5.95 Å². The van der Waals surface area contributed by atoms with E-state index >= 15 is 0 Å². The van der Waals surface area contributed by atoms with Gasteiger partial charge in [0, 0.05) is 0 Å². The number of nitrogens with one attached hydrogen (secondary N) is 3. The van der Waals surface area contributed by atoms with Crippen LogP contribution in [0.3, 0.4) is 0 Å². The van der Waals surface area contributed by atoms with Crippen molar-refractivity contribution in [2.24, 2.45) is 15.2 Å². The molecular weight excluding hydrogens is 916 g/mol. The van der Waals surface area contributed by atoms with E-state index in [1.807, 2.05) is 0 Å². The van der Waals surface area contributed by atoms with Crippen LogP contribution < -0.4 is 20.7 Å². The van der Waals surface area contributed by atoms with Crippen LogP contribution in [0.15, 0.2) is 139 Å². The number of benzene rings is 3. The molecule has 6 rings (SSSR count). The molecule has 0 spiro atoms. The summed E-state index contributed by atoms with van der Waals surface area (Å²) in [7, 11) is -14.6. The van der Waals surface area contributed by atoms with Crippen LogP contribution in [0, 0.1) is 0 Å². The maximum Gasteiger partial charge on any atom is 0.444 e. The molecule has 2 heterocycles. The highest BCUT2D eigenvalue weighted by Gasteiger charge is 2.29. The number of halogens is 1. The molecule has 1 unspecified atom stereocenters. The number of azo groups is 1. The zero-order valence-corrected chi connectivity index (χ0v) is 34.2. The normalized spacial score (nSPS) is 14.5. The fraction of sp³-hybridized carbons (Fsp3) is 0.0286. The van der Waals surface area contributed by atoms with Gasteiger partial charge < -0.3 is 21.0 Å². The van der Waals surface area contributed by atoms with Gasteiger partial charge in [0.05, 0.1) is 54.6 Å². The molecule has 8 N–H and O–H groups in total. The van der Waals surface area contributed by atoms with Crippen molar-refractivity contribution in [2.45, 2.75) is 16.0 Å². The number of anilines is 3. The zero-order valence-electron chi connectivity index (χ0n) is 31.0. The van der Waals surface area contributed by atoms with E-state index in [9.17, 15) is 63.5 Å². The van der Waals surface area contributed by atoms with Gasteiger partial charge in [0.25, 0.3) is 30.4 Å². The summed E-state index contributed by atoms with van der Waals surface area (Å²) in [6.07, 6.45) is 2.34. The Bertz CT molecular complexity index is 3190. The van der Waals surface area contributed by atoms with Crippen LogP contribution in [0.1, 0.15) is 32.4 Å². The maximum absolute atomic E-state index is 13.9. The summed E-state index contributed by atoms with van der Waals surface area (Å²) in [5.41, 5.74) is 2.66. The number of nitrogens with zero attached hydrogens (tertiary/aromatic N) is 7. The number of carboxylic acids is 2. The number of allylic oxidation sites excluding steroid dienone is 3. The predicted octanol–water partition coefficient (Wildman–Crippen LogP) is 3.51. The van der Waals surface area contributed by atoms with E-state index < -0.39 is 97.8 Å². The second-order valence-corrected chi connectivity index (χ2v) is 17.1. The lowest BCUT2D eigenvalue weighted by Gasteiger charge is -2.18. The highest BCUT2D eigenvalue weighted by atomic mass is 35.5. The minimum atomic E-state index is -5.12. The van der Waals surface area contributed by atoms with Crippen molar-refractivity contribution in [3.05, 3.63) is 136 Å². The number of aliphatic imine (C=N–C) groups is 1. The third-order valence-corrected chi connectivity index (χ3v) is 11.0. The Morgan fingerprint density at radius 1 is 0.762 bits per heavy atom. The molecule has 0 bridgehead atoms. The lowest BCUT2D eigenvalue weighted by Crippen LogP contribution is -2.34. The van der Waals surface area contributed by atoms with Crippen LogP contribution in [0.2, 0.25) is 5.02 Å². The molecule has 3 aromatic carbocycles. The first-order valence-electron chi connectivity index (χ1n) is 17.0. The van der Waals surface area contributed by atoms with E-state index in [-0.39, 0.29) is 27.9 Å². The van der Waals surface area contributed by atoms with Crippen molar-refractivity contribution in [1.29, 1.82) is 0 Å². The third-order valence-electron chi connectivity index (χ3n) is 8.17. The van der Waals surface area contributed by atoms with E-state index in [2.05, 4.69) is 46.3 Å². The number of hydrogen-bond donors (Lipinski definition) is 8.